The van der Waals surface area contributed by atoms with Crippen molar-refractivity contribution in [1.82, 2.24) is 15.5 Å². The SMILES string of the molecule is CN(CC(=O)NC(N)=O)C1CCCNC1. The predicted octanol–water partition coefficient (Wildman–Crippen LogP) is -1.13. The van der Waals surface area contributed by atoms with E-state index < -0.39 is 6.03 Å². The van der Waals surface area contributed by atoms with Gasteiger partial charge in [-0.25, -0.2) is 4.79 Å². The summed E-state index contributed by atoms with van der Waals surface area (Å²) >= 11 is 0. The summed E-state index contributed by atoms with van der Waals surface area (Å²) < 4.78 is 0. The van der Waals surface area contributed by atoms with Crippen LogP contribution in [0.4, 0.5) is 4.79 Å². The monoisotopic (exact) mass is 214 g/mol. The van der Waals surface area contributed by atoms with Crippen LogP contribution < -0.4 is 16.4 Å². The summed E-state index contributed by atoms with van der Waals surface area (Å²) in [6.45, 7) is 2.13. The summed E-state index contributed by atoms with van der Waals surface area (Å²) in [7, 11) is 1.87. The van der Waals surface area contributed by atoms with Gasteiger partial charge in [0.1, 0.15) is 0 Å². The van der Waals surface area contributed by atoms with Crippen molar-refractivity contribution in [3.05, 3.63) is 0 Å². The fourth-order valence-electron chi connectivity index (χ4n) is 1.74. The molecule has 4 N–H and O–H groups in total. The van der Waals surface area contributed by atoms with Crippen LogP contribution >= 0.6 is 0 Å². The summed E-state index contributed by atoms with van der Waals surface area (Å²) in [5, 5.41) is 5.32. The number of piperidine rings is 1. The van der Waals surface area contributed by atoms with Crippen LogP contribution in [-0.2, 0) is 4.79 Å². The van der Waals surface area contributed by atoms with Crippen molar-refractivity contribution in [3.8, 4) is 0 Å². The van der Waals surface area contributed by atoms with Crippen molar-refractivity contribution < 1.29 is 9.59 Å². The molecule has 0 radical (unpaired) electrons. The number of urea groups is 1. The van der Waals surface area contributed by atoms with Gasteiger partial charge in [0.05, 0.1) is 6.54 Å². The zero-order chi connectivity index (χ0) is 11.3. The Morgan fingerprint density at radius 2 is 2.33 bits per heavy atom. The van der Waals surface area contributed by atoms with E-state index >= 15 is 0 Å². The standard InChI is InChI=1S/C9H18N4O2/c1-13(6-8(14)12-9(10)15)7-3-2-4-11-5-7/h7,11H,2-6H2,1H3,(H3,10,12,14,15). The first-order valence-electron chi connectivity index (χ1n) is 5.10. The fourth-order valence-corrected chi connectivity index (χ4v) is 1.74. The lowest BCUT2D eigenvalue weighted by Gasteiger charge is -2.30. The molecule has 15 heavy (non-hydrogen) atoms. The van der Waals surface area contributed by atoms with Crippen LogP contribution in [0.5, 0.6) is 0 Å². The number of rotatable bonds is 3. The van der Waals surface area contributed by atoms with Crippen molar-refractivity contribution in [2.75, 3.05) is 26.7 Å². The van der Waals surface area contributed by atoms with Crippen LogP contribution in [0.1, 0.15) is 12.8 Å². The number of carbonyl (C=O) groups is 2. The molecule has 1 aliphatic rings. The van der Waals surface area contributed by atoms with Crippen molar-refractivity contribution in [3.63, 3.8) is 0 Å². The maximum absolute atomic E-state index is 11.2. The first kappa shape index (κ1) is 11.9. The third-order valence-electron chi connectivity index (χ3n) is 2.55. The summed E-state index contributed by atoms with van der Waals surface area (Å²) in [4.78, 5) is 23.6. The van der Waals surface area contributed by atoms with Gasteiger partial charge in [0.2, 0.25) is 5.91 Å². The summed E-state index contributed by atoms with van der Waals surface area (Å²) in [6, 6.07) is -0.437. The van der Waals surface area contributed by atoms with Gasteiger partial charge in [-0.1, -0.05) is 0 Å². The smallest absolute Gasteiger partial charge is 0.318 e. The van der Waals surface area contributed by atoms with E-state index in [0.717, 1.165) is 25.9 Å². The normalized spacial score (nSPS) is 21.3. The average molecular weight is 214 g/mol. The minimum atomic E-state index is -0.796. The van der Waals surface area contributed by atoms with Gasteiger partial charge < -0.3 is 11.1 Å². The number of imide groups is 1. The number of amides is 3. The predicted molar refractivity (Wildman–Crippen MR) is 56.2 cm³/mol. The number of hydrogen-bond acceptors (Lipinski definition) is 4. The molecule has 86 valence electrons. The molecule has 1 aliphatic heterocycles. The molecule has 1 fully saturated rings. The Labute approximate surface area is 89.2 Å². The second kappa shape index (κ2) is 5.67. The van der Waals surface area contributed by atoms with E-state index in [1.54, 1.807) is 0 Å². The molecular weight excluding hydrogens is 196 g/mol. The van der Waals surface area contributed by atoms with E-state index in [9.17, 15) is 9.59 Å². The topological polar surface area (TPSA) is 87.5 Å². The number of nitrogens with one attached hydrogen (secondary N) is 2. The highest BCUT2D eigenvalue weighted by atomic mass is 16.2. The van der Waals surface area contributed by atoms with Gasteiger partial charge in [-0.3, -0.25) is 15.0 Å². The Morgan fingerprint density at radius 1 is 1.60 bits per heavy atom. The van der Waals surface area contributed by atoms with Crippen LogP contribution in [0.3, 0.4) is 0 Å². The molecule has 0 aromatic rings. The van der Waals surface area contributed by atoms with E-state index in [0.29, 0.717) is 6.04 Å². The summed E-state index contributed by atoms with van der Waals surface area (Å²) in [5.74, 6) is -0.351. The lowest BCUT2D eigenvalue weighted by Crippen LogP contribution is -2.49. The highest BCUT2D eigenvalue weighted by Crippen LogP contribution is 2.07. The van der Waals surface area contributed by atoms with Gasteiger partial charge in [-0.05, 0) is 26.4 Å². The molecule has 3 amide bonds. The molecule has 6 heteroatoms. The Balaban J connectivity index is 2.30. The summed E-state index contributed by atoms with van der Waals surface area (Å²) in [6.07, 6.45) is 2.19. The maximum Gasteiger partial charge on any atom is 0.318 e. The maximum atomic E-state index is 11.2. The second-order valence-corrected chi connectivity index (χ2v) is 3.83. The third kappa shape index (κ3) is 4.26. The molecule has 0 spiro atoms. The zero-order valence-electron chi connectivity index (χ0n) is 8.95. The largest absolute Gasteiger partial charge is 0.351 e. The number of hydrogen-bond donors (Lipinski definition) is 3. The van der Waals surface area contributed by atoms with E-state index in [2.05, 4.69) is 10.6 Å². The van der Waals surface area contributed by atoms with Crippen molar-refractivity contribution in [2.45, 2.75) is 18.9 Å². The molecule has 0 saturated carbocycles. The Hall–Kier alpha value is -1.14. The van der Waals surface area contributed by atoms with Crippen LogP contribution in [0.15, 0.2) is 0 Å². The fraction of sp³-hybridized carbons (Fsp3) is 0.778. The third-order valence-corrected chi connectivity index (χ3v) is 2.55. The molecule has 0 aromatic heterocycles. The average Bonchev–Trinajstić information content (AvgIpc) is 2.17. The molecule has 0 bridgehead atoms. The molecule has 0 aromatic carbocycles. The van der Waals surface area contributed by atoms with Gasteiger partial charge in [0, 0.05) is 12.6 Å². The van der Waals surface area contributed by atoms with Crippen molar-refractivity contribution in [2.24, 2.45) is 5.73 Å². The van der Waals surface area contributed by atoms with Gasteiger partial charge in [-0.2, -0.15) is 0 Å². The van der Waals surface area contributed by atoms with Crippen LogP contribution in [0, 0.1) is 0 Å². The molecule has 0 aliphatic carbocycles. The van der Waals surface area contributed by atoms with Gasteiger partial charge in [0.25, 0.3) is 0 Å². The minimum Gasteiger partial charge on any atom is -0.351 e. The van der Waals surface area contributed by atoms with Crippen LogP contribution in [0.25, 0.3) is 0 Å². The lowest BCUT2D eigenvalue weighted by atomic mass is 10.1. The Kier molecular flexibility index (Phi) is 4.51. The van der Waals surface area contributed by atoms with E-state index in [1.165, 1.54) is 0 Å². The highest BCUT2D eigenvalue weighted by Gasteiger charge is 2.19. The Morgan fingerprint density at radius 3 is 2.87 bits per heavy atom. The molecule has 1 saturated heterocycles. The number of likely N-dealkylation sites (N-methyl/N-ethyl adjacent to an activating group) is 1. The van der Waals surface area contributed by atoms with Gasteiger partial charge >= 0.3 is 6.03 Å². The lowest BCUT2D eigenvalue weighted by molar-refractivity contribution is -0.121. The van der Waals surface area contributed by atoms with Crippen LogP contribution in [-0.4, -0.2) is 49.6 Å². The molecule has 1 atom stereocenters. The minimum absolute atomic E-state index is 0.204. The van der Waals surface area contributed by atoms with Crippen LogP contribution in [0.2, 0.25) is 0 Å². The zero-order valence-corrected chi connectivity index (χ0v) is 8.95. The molecule has 1 heterocycles. The second-order valence-electron chi connectivity index (χ2n) is 3.83. The van der Waals surface area contributed by atoms with Gasteiger partial charge in [0.15, 0.2) is 0 Å². The molecule has 1 unspecified atom stereocenters. The Bertz CT molecular complexity index is 238. The van der Waals surface area contributed by atoms with Crippen molar-refractivity contribution in [1.29, 1.82) is 0 Å². The summed E-state index contributed by atoms with van der Waals surface area (Å²) in [5.41, 5.74) is 4.85. The van der Waals surface area contributed by atoms with E-state index in [-0.39, 0.29) is 12.5 Å². The van der Waals surface area contributed by atoms with Gasteiger partial charge in [-0.15, -0.1) is 0 Å². The quantitative estimate of drug-likeness (QED) is 0.554. The van der Waals surface area contributed by atoms with Crippen molar-refractivity contribution >= 4 is 11.9 Å². The van der Waals surface area contributed by atoms with E-state index in [1.807, 2.05) is 11.9 Å². The number of nitrogens with zero attached hydrogens (tertiary/aromatic N) is 1. The number of nitrogens with two attached hydrogens (primary N) is 1. The van der Waals surface area contributed by atoms with E-state index in [4.69, 9.17) is 5.73 Å². The first-order chi connectivity index (χ1) is 7.09. The molecule has 1 rings (SSSR count). The first-order valence-corrected chi connectivity index (χ1v) is 5.10. The molecular formula is C9H18N4O2. The number of primary amides is 1. The number of carbonyl (C=O) groups excluding carboxylic acids is 2. The highest BCUT2D eigenvalue weighted by molar-refractivity contribution is 5.94. The molecule has 6 nitrogen and oxygen atoms in total.